The van der Waals surface area contributed by atoms with Gasteiger partial charge in [-0.3, -0.25) is 4.79 Å². The Kier molecular flexibility index (Phi) is 5.00. The lowest BCUT2D eigenvalue weighted by molar-refractivity contribution is -0.151. The molecule has 4 nitrogen and oxygen atoms in total. The number of carboxylic acids is 1. The van der Waals surface area contributed by atoms with Crippen molar-refractivity contribution in [1.82, 2.24) is 4.90 Å². The standard InChI is InChI=1S/C19H21NO3S/c1-13-9-10-16(24-13)7-4-8-18(21)20-12-15-6-3-2-5-14(15)11-17(20)19(22)23/h2-3,5-6,9-10,17H,4,7-8,11-12H2,1H3,(H,22,23). The Bertz CT molecular complexity index is 753. The van der Waals surface area contributed by atoms with Crippen LogP contribution in [0.25, 0.3) is 0 Å². The summed E-state index contributed by atoms with van der Waals surface area (Å²) in [6.45, 7) is 2.46. The zero-order valence-corrected chi connectivity index (χ0v) is 14.5. The molecule has 24 heavy (non-hydrogen) atoms. The van der Waals surface area contributed by atoms with Gasteiger partial charge in [0.15, 0.2) is 0 Å². The zero-order valence-electron chi connectivity index (χ0n) is 13.7. The fourth-order valence-electron chi connectivity index (χ4n) is 3.18. The summed E-state index contributed by atoms with van der Waals surface area (Å²) < 4.78 is 0. The molecule has 126 valence electrons. The van der Waals surface area contributed by atoms with E-state index in [1.165, 1.54) is 14.7 Å². The molecular weight excluding hydrogens is 322 g/mol. The summed E-state index contributed by atoms with van der Waals surface area (Å²) in [5.41, 5.74) is 2.08. The maximum absolute atomic E-state index is 12.6. The highest BCUT2D eigenvalue weighted by Gasteiger charge is 2.33. The number of carboxylic acid groups (broad SMARTS) is 1. The molecule has 0 fully saturated rings. The van der Waals surface area contributed by atoms with Crippen LogP contribution >= 0.6 is 11.3 Å². The lowest BCUT2D eigenvalue weighted by atomic mass is 9.93. The Morgan fingerprint density at radius 1 is 1.21 bits per heavy atom. The van der Waals surface area contributed by atoms with Crippen LogP contribution in [0.1, 0.15) is 33.7 Å². The Labute approximate surface area is 145 Å². The summed E-state index contributed by atoms with van der Waals surface area (Å²) >= 11 is 1.75. The van der Waals surface area contributed by atoms with Crippen molar-refractivity contribution in [2.45, 2.75) is 45.2 Å². The lowest BCUT2D eigenvalue weighted by Gasteiger charge is -2.34. The van der Waals surface area contributed by atoms with Gasteiger partial charge in [0.05, 0.1) is 0 Å². The molecule has 0 bridgehead atoms. The van der Waals surface area contributed by atoms with Gasteiger partial charge in [-0.1, -0.05) is 24.3 Å². The van der Waals surface area contributed by atoms with Crippen LogP contribution in [0.15, 0.2) is 36.4 Å². The molecule has 3 rings (SSSR count). The van der Waals surface area contributed by atoms with Crippen LogP contribution in [0.2, 0.25) is 0 Å². The largest absolute Gasteiger partial charge is 0.480 e. The van der Waals surface area contributed by atoms with E-state index in [-0.39, 0.29) is 5.91 Å². The highest BCUT2D eigenvalue weighted by atomic mass is 32.1. The van der Waals surface area contributed by atoms with Crippen molar-refractivity contribution in [2.24, 2.45) is 0 Å². The minimum absolute atomic E-state index is 0.0646. The molecule has 1 aliphatic rings. The highest BCUT2D eigenvalue weighted by molar-refractivity contribution is 7.11. The van der Waals surface area contributed by atoms with Crippen LogP contribution < -0.4 is 0 Å². The molecule has 0 spiro atoms. The number of aryl methyl sites for hydroxylation is 2. The number of amides is 1. The van der Waals surface area contributed by atoms with Crippen LogP contribution in [0, 0.1) is 6.92 Å². The lowest BCUT2D eigenvalue weighted by Crippen LogP contribution is -2.48. The summed E-state index contributed by atoms with van der Waals surface area (Å²) in [5.74, 6) is -0.989. The van der Waals surface area contributed by atoms with Crippen molar-refractivity contribution in [1.29, 1.82) is 0 Å². The molecule has 0 aliphatic carbocycles. The van der Waals surface area contributed by atoms with E-state index in [0.717, 1.165) is 24.0 Å². The number of benzene rings is 1. The van der Waals surface area contributed by atoms with Crippen molar-refractivity contribution in [3.63, 3.8) is 0 Å². The number of nitrogens with zero attached hydrogens (tertiary/aromatic N) is 1. The first-order valence-corrected chi connectivity index (χ1v) is 9.00. The number of carbonyl (C=O) groups is 2. The van der Waals surface area contributed by atoms with Gasteiger partial charge < -0.3 is 10.0 Å². The first-order chi connectivity index (χ1) is 11.5. The number of hydrogen-bond acceptors (Lipinski definition) is 3. The van der Waals surface area contributed by atoms with Gasteiger partial charge in [-0.15, -0.1) is 11.3 Å². The van der Waals surface area contributed by atoms with Gasteiger partial charge in [-0.25, -0.2) is 4.79 Å². The molecular formula is C19H21NO3S. The van der Waals surface area contributed by atoms with Gasteiger partial charge in [0.25, 0.3) is 0 Å². The Morgan fingerprint density at radius 3 is 2.62 bits per heavy atom. The van der Waals surface area contributed by atoms with E-state index >= 15 is 0 Å². The molecule has 2 heterocycles. The van der Waals surface area contributed by atoms with Gasteiger partial charge in [0.1, 0.15) is 6.04 Å². The van der Waals surface area contributed by atoms with Gasteiger partial charge in [0, 0.05) is 29.1 Å². The number of carbonyl (C=O) groups excluding carboxylic acids is 1. The Morgan fingerprint density at radius 2 is 1.96 bits per heavy atom. The zero-order chi connectivity index (χ0) is 17.1. The first-order valence-electron chi connectivity index (χ1n) is 8.19. The molecule has 1 N–H and O–H groups in total. The molecule has 5 heteroatoms. The van der Waals surface area contributed by atoms with Crippen molar-refractivity contribution < 1.29 is 14.7 Å². The molecule has 0 saturated heterocycles. The van der Waals surface area contributed by atoms with E-state index in [9.17, 15) is 14.7 Å². The number of hydrogen-bond donors (Lipinski definition) is 1. The topological polar surface area (TPSA) is 57.6 Å². The van der Waals surface area contributed by atoms with E-state index in [4.69, 9.17) is 0 Å². The summed E-state index contributed by atoms with van der Waals surface area (Å²) in [5, 5.41) is 9.50. The fourth-order valence-corrected chi connectivity index (χ4v) is 4.11. The van der Waals surface area contributed by atoms with Crippen LogP contribution in [-0.2, 0) is 29.0 Å². The van der Waals surface area contributed by atoms with E-state index in [0.29, 0.717) is 19.4 Å². The average molecular weight is 343 g/mol. The second-order valence-electron chi connectivity index (χ2n) is 6.21. The normalized spacial score (nSPS) is 16.7. The number of aliphatic carboxylic acids is 1. The highest BCUT2D eigenvalue weighted by Crippen LogP contribution is 2.25. The second-order valence-corrected chi connectivity index (χ2v) is 7.59. The van der Waals surface area contributed by atoms with E-state index in [1.54, 1.807) is 11.3 Å². The third-order valence-corrected chi connectivity index (χ3v) is 5.52. The van der Waals surface area contributed by atoms with Gasteiger partial charge in [-0.2, -0.15) is 0 Å². The number of thiophene rings is 1. The predicted octanol–water partition coefficient (Wildman–Crippen LogP) is 3.42. The quantitative estimate of drug-likeness (QED) is 0.905. The maximum Gasteiger partial charge on any atom is 0.326 e. The molecule has 1 aliphatic heterocycles. The minimum atomic E-state index is -0.924. The van der Waals surface area contributed by atoms with E-state index in [1.807, 2.05) is 24.3 Å². The van der Waals surface area contributed by atoms with Gasteiger partial charge in [-0.05, 0) is 43.0 Å². The average Bonchev–Trinajstić information content (AvgIpc) is 2.98. The summed E-state index contributed by atoms with van der Waals surface area (Å²) in [6, 6.07) is 11.2. The summed E-state index contributed by atoms with van der Waals surface area (Å²) in [6.07, 6.45) is 2.40. The predicted molar refractivity (Wildman–Crippen MR) is 94.1 cm³/mol. The fraction of sp³-hybridized carbons (Fsp3) is 0.368. The number of fused-ring (bicyclic) bond motifs is 1. The minimum Gasteiger partial charge on any atom is -0.480 e. The number of rotatable bonds is 5. The molecule has 1 unspecified atom stereocenters. The summed E-state index contributed by atoms with van der Waals surface area (Å²) in [7, 11) is 0. The molecule has 0 radical (unpaired) electrons. The molecule has 1 amide bonds. The van der Waals surface area contributed by atoms with Crippen molar-refractivity contribution in [2.75, 3.05) is 0 Å². The van der Waals surface area contributed by atoms with E-state index in [2.05, 4.69) is 19.1 Å². The summed E-state index contributed by atoms with van der Waals surface area (Å²) in [4.78, 5) is 28.3. The van der Waals surface area contributed by atoms with E-state index < -0.39 is 12.0 Å². The third-order valence-electron chi connectivity index (χ3n) is 4.46. The SMILES string of the molecule is Cc1ccc(CCCC(=O)N2Cc3ccccc3CC2C(=O)O)s1. The molecule has 1 aromatic carbocycles. The monoisotopic (exact) mass is 343 g/mol. The molecule has 1 aromatic heterocycles. The third kappa shape index (κ3) is 3.67. The Hall–Kier alpha value is -2.14. The smallest absolute Gasteiger partial charge is 0.326 e. The molecule has 2 aromatic rings. The second kappa shape index (κ2) is 7.18. The Balaban J connectivity index is 1.64. The van der Waals surface area contributed by atoms with Crippen molar-refractivity contribution in [3.8, 4) is 0 Å². The van der Waals surface area contributed by atoms with Crippen LogP contribution in [0.4, 0.5) is 0 Å². The van der Waals surface area contributed by atoms with Crippen molar-refractivity contribution >= 4 is 23.2 Å². The van der Waals surface area contributed by atoms with Crippen LogP contribution in [-0.4, -0.2) is 27.9 Å². The van der Waals surface area contributed by atoms with Gasteiger partial charge in [0.2, 0.25) is 5.91 Å². The maximum atomic E-state index is 12.6. The van der Waals surface area contributed by atoms with Crippen LogP contribution in [0.5, 0.6) is 0 Å². The first kappa shape index (κ1) is 16.7. The van der Waals surface area contributed by atoms with Crippen molar-refractivity contribution in [3.05, 3.63) is 57.3 Å². The van der Waals surface area contributed by atoms with Crippen LogP contribution in [0.3, 0.4) is 0 Å². The van der Waals surface area contributed by atoms with Gasteiger partial charge >= 0.3 is 5.97 Å². The molecule has 1 atom stereocenters. The molecule has 0 saturated carbocycles.